The quantitative estimate of drug-likeness (QED) is 0.645. The molecule has 2 aromatic carbocycles. The molecular formula is C19H19Cl2NO3S. The minimum atomic E-state index is -0.710. The first-order valence-corrected chi connectivity index (χ1v) is 10.1. The van der Waals surface area contributed by atoms with Gasteiger partial charge in [-0.2, -0.15) is 11.8 Å². The highest BCUT2D eigenvalue weighted by atomic mass is 35.5. The van der Waals surface area contributed by atoms with Gasteiger partial charge in [-0.25, -0.2) is 4.79 Å². The van der Waals surface area contributed by atoms with E-state index in [4.69, 9.17) is 27.9 Å². The van der Waals surface area contributed by atoms with E-state index in [2.05, 4.69) is 5.32 Å². The van der Waals surface area contributed by atoms with Crippen LogP contribution < -0.4 is 5.32 Å². The van der Waals surface area contributed by atoms with E-state index in [9.17, 15) is 9.59 Å². The van der Waals surface area contributed by atoms with Gasteiger partial charge < -0.3 is 10.1 Å². The van der Waals surface area contributed by atoms with Crippen molar-refractivity contribution in [3.63, 3.8) is 0 Å². The second-order valence-electron chi connectivity index (χ2n) is 5.53. The summed E-state index contributed by atoms with van der Waals surface area (Å²) in [4.78, 5) is 24.8. The van der Waals surface area contributed by atoms with Crippen LogP contribution in [0.4, 0.5) is 0 Å². The fraction of sp³-hybridized carbons (Fsp3) is 0.263. The first-order valence-electron chi connectivity index (χ1n) is 7.96. The third-order valence-corrected chi connectivity index (χ3v) is 4.98. The molecule has 7 heteroatoms. The van der Waals surface area contributed by atoms with E-state index < -0.39 is 12.0 Å². The number of ether oxygens (including phenoxy) is 1. The number of amides is 1. The van der Waals surface area contributed by atoms with Gasteiger partial charge in [-0.3, -0.25) is 4.79 Å². The average Bonchev–Trinajstić information content (AvgIpc) is 2.66. The van der Waals surface area contributed by atoms with E-state index in [0.717, 1.165) is 11.3 Å². The highest BCUT2D eigenvalue weighted by Gasteiger charge is 2.22. The van der Waals surface area contributed by atoms with Crippen LogP contribution in [0.2, 0.25) is 10.0 Å². The number of esters is 1. The normalized spacial score (nSPS) is 11.7. The van der Waals surface area contributed by atoms with Gasteiger partial charge in [0.2, 0.25) is 0 Å². The molecule has 1 atom stereocenters. The maximum atomic E-state index is 12.4. The van der Waals surface area contributed by atoms with Gasteiger partial charge in [0, 0.05) is 5.56 Å². The van der Waals surface area contributed by atoms with Gasteiger partial charge >= 0.3 is 5.97 Å². The maximum Gasteiger partial charge on any atom is 0.329 e. The summed E-state index contributed by atoms with van der Waals surface area (Å²) in [5, 5.41) is 3.59. The molecule has 0 aliphatic carbocycles. The highest BCUT2D eigenvalue weighted by Crippen LogP contribution is 2.23. The molecule has 2 rings (SSSR count). The third-order valence-electron chi connectivity index (χ3n) is 3.60. The number of hydrogen-bond acceptors (Lipinski definition) is 4. The van der Waals surface area contributed by atoms with Gasteiger partial charge in [0.1, 0.15) is 12.6 Å². The first kappa shape index (κ1) is 20.6. The SMILES string of the molecule is CSCC[C@@H](NC(=O)c1ccccc1)C(=O)OCc1ccc(Cl)c(Cl)c1. The van der Waals surface area contributed by atoms with Gasteiger partial charge in [-0.05, 0) is 48.3 Å². The van der Waals surface area contributed by atoms with Crippen molar-refractivity contribution < 1.29 is 14.3 Å². The average molecular weight is 412 g/mol. The van der Waals surface area contributed by atoms with E-state index in [1.165, 1.54) is 0 Å². The van der Waals surface area contributed by atoms with Crippen molar-refractivity contribution in [1.82, 2.24) is 5.32 Å². The fourth-order valence-electron chi connectivity index (χ4n) is 2.20. The predicted octanol–water partition coefficient (Wildman–Crippen LogP) is 4.59. The Morgan fingerprint density at radius 1 is 1.12 bits per heavy atom. The number of benzene rings is 2. The molecule has 2 aromatic rings. The molecule has 138 valence electrons. The Kier molecular flexibility index (Phi) is 8.29. The molecule has 4 nitrogen and oxygen atoms in total. The van der Waals surface area contributed by atoms with Crippen LogP contribution in [-0.2, 0) is 16.1 Å². The molecule has 0 saturated heterocycles. The summed E-state index contributed by atoms with van der Waals surface area (Å²) in [6.07, 6.45) is 2.43. The van der Waals surface area contributed by atoms with Crippen molar-refractivity contribution in [2.75, 3.05) is 12.0 Å². The largest absolute Gasteiger partial charge is 0.459 e. The smallest absolute Gasteiger partial charge is 0.329 e. The lowest BCUT2D eigenvalue weighted by Crippen LogP contribution is -2.42. The first-order chi connectivity index (χ1) is 12.5. The van der Waals surface area contributed by atoms with Crippen molar-refractivity contribution in [2.24, 2.45) is 0 Å². The molecule has 0 aliphatic rings. The predicted molar refractivity (Wildman–Crippen MR) is 107 cm³/mol. The number of carbonyl (C=O) groups excluding carboxylic acids is 2. The number of nitrogens with one attached hydrogen (secondary N) is 1. The van der Waals surface area contributed by atoms with Crippen LogP contribution in [0.5, 0.6) is 0 Å². The number of carbonyl (C=O) groups is 2. The Morgan fingerprint density at radius 2 is 1.85 bits per heavy atom. The zero-order valence-corrected chi connectivity index (χ0v) is 16.5. The lowest BCUT2D eigenvalue weighted by molar-refractivity contribution is -0.147. The van der Waals surface area contributed by atoms with Crippen molar-refractivity contribution in [1.29, 1.82) is 0 Å². The molecule has 0 aliphatic heterocycles. The molecule has 0 heterocycles. The molecule has 0 aromatic heterocycles. The second-order valence-corrected chi connectivity index (χ2v) is 7.33. The van der Waals surface area contributed by atoms with Crippen molar-refractivity contribution in [2.45, 2.75) is 19.1 Å². The van der Waals surface area contributed by atoms with E-state index in [1.54, 1.807) is 54.2 Å². The number of thioether (sulfide) groups is 1. The van der Waals surface area contributed by atoms with Crippen LogP contribution in [0, 0.1) is 0 Å². The Balaban J connectivity index is 1.99. The van der Waals surface area contributed by atoms with Gasteiger partial charge in [0.15, 0.2) is 0 Å². The van der Waals surface area contributed by atoms with Gasteiger partial charge in [0.25, 0.3) is 5.91 Å². The summed E-state index contributed by atoms with van der Waals surface area (Å²) in [7, 11) is 0. The maximum absolute atomic E-state index is 12.4. The van der Waals surface area contributed by atoms with E-state index >= 15 is 0 Å². The molecular weight excluding hydrogens is 393 g/mol. The third kappa shape index (κ3) is 6.24. The topological polar surface area (TPSA) is 55.4 Å². The van der Waals surface area contributed by atoms with E-state index in [-0.39, 0.29) is 12.5 Å². The molecule has 1 amide bonds. The van der Waals surface area contributed by atoms with E-state index in [0.29, 0.717) is 22.0 Å². The van der Waals surface area contributed by atoms with Gasteiger partial charge in [-0.15, -0.1) is 0 Å². The molecule has 0 fully saturated rings. The van der Waals surface area contributed by atoms with Crippen LogP contribution in [0.1, 0.15) is 22.3 Å². The lowest BCUT2D eigenvalue weighted by atomic mass is 10.1. The van der Waals surface area contributed by atoms with Crippen LogP contribution in [-0.4, -0.2) is 29.9 Å². The lowest BCUT2D eigenvalue weighted by Gasteiger charge is -2.17. The molecule has 26 heavy (non-hydrogen) atoms. The van der Waals surface area contributed by atoms with Gasteiger partial charge in [-0.1, -0.05) is 47.5 Å². The second kappa shape index (κ2) is 10.5. The molecule has 0 saturated carbocycles. The standard InChI is InChI=1S/C19H19Cl2NO3S/c1-26-10-9-17(22-18(23)14-5-3-2-4-6-14)19(24)25-12-13-7-8-15(20)16(21)11-13/h2-8,11,17H,9-10,12H2,1H3,(H,22,23)/t17-/m1/s1. The van der Waals surface area contributed by atoms with Crippen molar-refractivity contribution in [3.8, 4) is 0 Å². The molecule has 0 radical (unpaired) electrons. The Hall–Kier alpha value is -1.69. The van der Waals surface area contributed by atoms with Crippen LogP contribution >= 0.6 is 35.0 Å². The van der Waals surface area contributed by atoms with Crippen LogP contribution in [0.3, 0.4) is 0 Å². The summed E-state index contributed by atoms with van der Waals surface area (Å²) in [6.45, 7) is 0.0622. The van der Waals surface area contributed by atoms with Crippen LogP contribution in [0.25, 0.3) is 0 Å². The summed E-state index contributed by atoms with van der Waals surface area (Å²) < 4.78 is 5.35. The zero-order valence-electron chi connectivity index (χ0n) is 14.2. The molecule has 1 N–H and O–H groups in total. The molecule has 0 unspecified atom stereocenters. The van der Waals surface area contributed by atoms with E-state index in [1.807, 2.05) is 12.3 Å². The Morgan fingerprint density at radius 3 is 2.50 bits per heavy atom. The summed E-state index contributed by atoms with van der Waals surface area (Å²) in [5.74, 6) is -0.0562. The summed E-state index contributed by atoms with van der Waals surface area (Å²) >= 11 is 13.4. The Bertz CT molecular complexity index is 756. The molecule has 0 spiro atoms. The monoisotopic (exact) mass is 411 g/mol. The van der Waals surface area contributed by atoms with Crippen molar-refractivity contribution >= 4 is 46.8 Å². The summed E-state index contributed by atoms with van der Waals surface area (Å²) in [5.41, 5.74) is 1.23. The number of rotatable bonds is 8. The summed E-state index contributed by atoms with van der Waals surface area (Å²) in [6, 6.07) is 13.1. The number of halogens is 2. The van der Waals surface area contributed by atoms with Crippen LogP contribution in [0.15, 0.2) is 48.5 Å². The highest BCUT2D eigenvalue weighted by molar-refractivity contribution is 7.98. The number of hydrogen-bond donors (Lipinski definition) is 1. The minimum Gasteiger partial charge on any atom is -0.459 e. The Labute approximate surface area is 167 Å². The van der Waals surface area contributed by atoms with Crippen molar-refractivity contribution in [3.05, 3.63) is 69.7 Å². The molecule has 0 bridgehead atoms. The fourth-order valence-corrected chi connectivity index (χ4v) is 2.99. The minimum absolute atomic E-state index is 0.0622. The zero-order chi connectivity index (χ0) is 18.9. The van der Waals surface area contributed by atoms with Gasteiger partial charge in [0.05, 0.1) is 10.0 Å².